The first-order valence-electron chi connectivity index (χ1n) is 5.78. The van der Waals surface area contributed by atoms with Crippen molar-refractivity contribution in [1.82, 2.24) is 0 Å². The second-order valence-corrected chi connectivity index (χ2v) is 4.47. The Morgan fingerprint density at radius 1 is 1.30 bits per heavy atom. The second kappa shape index (κ2) is 6.25. The molecular formula is C14H12ClFN2O2. The monoisotopic (exact) mass is 294 g/mol. The number of hydrogen-bond donors (Lipinski definition) is 2. The van der Waals surface area contributed by atoms with Crippen LogP contribution in [0.1, 0.15) is 0 Å². The zero-order chi connectivity index (χ0) is 14.5. The molecule has 0 saturated carbocycles. The van der Waals surface area contributed by atoms with Gasteiger partial charge in [0.2, 0.25) is 0 Å². The van der Waals surface area contributed by atoms with Crippen LogP contribution in [0.3, 0.4) is 0 Å². The average Bonchev–Trinajstić information content (AvgIpc) is 2.40. The number of hydrogen-bond acceptors (Lipinski definition) is 3. The van der Waals surface area contributed by atoms with Crippen LogP contribution in [0, 0.1) is 5.82 Å². The highest BCUT2D eigenvalue weighted by Crippen LogP contribution is 2.25. The second-order valence-electron chi connectivity index (χ2n) is 4.03. The van der Waals surface area contributed by atoms with Crippen molar-refractivity contribution in [3.8, 4) is 5.75 Å². The van der Waals surface area contributed by atoms with Gasteiger partial charge >= 0.3 is 0 Å². The lowest BCUT2D eigenvalue weighted by molar-refractivity contribution is -0.118. The molecule has 2 aromatic carbocycles. The van der Waals surface area contributed by atoms with Crippen molar-refractivity contribution < 1.29 is 13.9 Å². The molecule has 3 N–H and O–H groups in total. The number of anilines is 2. The highest BCUT2D eigenvalue weighted by atomic mass is 35.5. The maximum absolute atomic E-state index is 13.0. The van der Waals surface area contributed by atoms with Crippen LogP contribution < -0.4 is 15.8 Å². The Bertz CT molecular complexity index is 634. The fraction of sp³-hybridized carbons (Fsp3) is 0.0714. The molecule has 0 fully saturated rings. The van der Waals surface area contributed by atoms with Crippen molar-refractivity contribution in [2.75, 3.05) is 17.7 Å². The Kier molecular flexibility index (Phi) is 4.42. The summed E-state index contributed by atoms with van der Waals surface area (Å²) in [6.07, 6.45) is 0. The van der Waals surface area contributed by atoms with Crippen molar-refractivity contribution in [2.45, 2.75) is 0 Å². The number of nitrogens with two attached hydrogens (primary N) is 1. The van der Waals surface area contributed by atoms with Crippen molar-refractivity contribution in [3.05, 3.63) is 53.3 Å². The number of carbonyl (C=O) groups excluding carboxylic acids is 1. The van der Waals surface area contributed by atoms with E-state index in [-0.39, 0.29) is 6.61 Å². The predicted octanol–water partition coefficient (Wildman–Crippen LogP) is 3.08. The SMILES string of the molecule is Nc1ccc(Cl)cc1OCC(=O)Nc1cccc(F)c1. The normalized spacial score (nSPS) is 10.1. The summed E-state index contributed by atoms with van der Waals surface area (Å²) in [5.41, 5.74) is 6.42. The van der Waals surface area contributed by atoms with Crippen LogP contribution in [0.2, 0.25) is 5.02 Å². The van der Waals surface area contributed by atoms with Crippen LogP contribution in [-0.2, 0) is 4.79 Å². The van der Waals surface area contributed by atoms with E-state index >= 15 is 0 Å². The standard InChI is InChI=1S/C14H12ClFN2O2/c15-9-4-5-12(17)13(6-9)20-8-14(19)18-11-3-1-2-10(16)7-11/h1-7H,8,17H2,(H,18,19). The Morgan fingerprint density at radius 2 is 2.10 bits per heavy atom. The minimum atomic E-state index is -0.428. The predicted molar refractivity (Wildman–Crippen MR) is 76.4 cm³/mol. The molecule has 0 saturated heterocycles. The number of amides is 1. The fourth-order valence-electron chi connectivity index (χ4n) is 1.54. The summed E-state index contributed by atoms with van der Waals surface area (Å²) in [5.74, 6) is -0.523. The molecule has 4 nitrogen and oxygen atoms in total. The lowest BCUT2D eigenvalue weighted by atomic mass is 10.3. The first kappa shape index (κ1) is 14.1. The van der Waals surface area contributed by atoms with E-state index in [0.29, 0.717) is 22.1 Å². The Morgan fingerprint density at radius 3 is 2.85 bits per heavy atom. The van der Waals surface area contributed by atoms with E-state index in [4.69, 9.17) is 22.1 Å². The van der Waals surface area contributed by atoms with Gasteiger partial charge in [0.15, 0.2) is 6.61 Å². The lowest BCUT2D eigenvalue weighted by Gasteiger charge is -2.09. The van der Waals surface area contributed by atoms with Gasteiger partial charge in [-0.2, -0.15) is 0 Å². The first-order valence-corrected chi connectivity index (χ1v) is 6.15. The fourth-order valence-corrected chi connectivity index (χ4v) is 1.70. The molecule has 0 aliphatic carbocycles. The third kappa shape index (κ3) is 3.86. The number of nitrogens with one attached hydrogen (secondary N) is 1. The minimum Gasteiger partial charge on any atom is -0.482 e. The van der Waals surface area contributed by atoms with Crippen LogP contribution in [0.5, 0.6) is 5.75 Å². The van der Waals surface area contributed by atoms with E-state index < -0.39 is 11.7 Å². The molecule has 0 heterocycles. The zero-order valence-corrected chi connectivity index (χ0v) is 11.2. The third-order valence-electron chi connectivity index (χ3n) is 2.44. The molecule has 0 aromatic heterocycles. The maximum atomic E-state index is 13.0. The zero-order valence-electron chi connectivity index (χ0n) is 10.4. The summed E-state index contributed by atoms with van der Waals surface area (Å²) in [5, 5.41) is 2.97. The molecule has 2 aromatic rings. The van der Waals surface area contributed by atoms with Gasteiger partial charge in [-0.25, -0.2) is 4.39 Å². The number of ether oxygens (including phenoxy) is 1. The molecule has 0 atom stereocenters. The van der Waals surface area contributed by atoms with Crippen molar-refractivity contribution >= 4 is 28.9 Å². The van der Waals surface area contributed by atoms with Gasteiger partial charge in [-0.1, -0.05) is 17.7 Å². The smallest absolute Gasteiger partial charge is 0.262 e. The summed E-state index contributed by atoms with van der Waals surface area (Å²) in [6.45, 7) is -0.249. The molecule has 0 aliphatic heterocycles. The number of halogens is 2. The highest BCUT2D eigenvalue weighted by Gasteiger charge is 2.07. The van der Waals surface area contributed by atoms with Gasteiger partial charge in [-0.05, 0) is 30.3 Å². The molecular weight excluding hydrogens is 283 g/mol. The van der Waals surface area contributed by atoms with Gasteiger partial charge in [0.1, 0.15) is 11.6 Å². The van der Waals surface area contributed by atoms with E-state index in [1.807, 2.05) is 0 Å². The topological polar surface area (TPSA) is 64.3 Å². The van der Waals surface area contributed by atoms with Crippen LogP contribution in [0.25, 0.3) is 0 Å². The molecule has 0 bridgehead atoms. The molecule has 0 spiro atoms. The maximum Gasteiger partial charge on any atom is 0.262 e. The Labute approximate surface area is 120 Å². The largest absolute Gasteiger partial charge is 0.482 e. The molecule has 0 unspecified atom stereocenters. The van der Waals surface area contributed by atoms with Gasteiger partial charge in [0.25, 0.3) is 5.91 Å². The van der Waals surface area contributed by atoms with Gasteiger partial charge in [0, 0.05) is 16.8 Å². The van der Waals surface area contributed by atoms with Gasteiger partial charge in [-0.15, -0.1) is 0 Å². The van der Waals surface area contributed by atoms with E-state index in [0.717, 1.165) is 0 Å². The summed E-state index contributed by atoms with van der Waals surface area (Å²) < 4.78 is 18.2. The van der Waals surface area contributed by atoms with Crippen molar-refractivity contribution in [3.63, 3.8) is 0 Å². The van der Waals surface area contributed by atoms with E-state index in [1.54, 1.807) is 18.2 Å². The molecule has 6 heteroatoms. The van der Waals surface area contributed by atoms with Crippen molar-refractivity contribution in [1.29, 1.82) is 0 Å². The molecule has 2 rings (SSSR count). The van der Waals surface area contributed by atoms with Gasteiger partial charge in [-0.3, -0.25) is 4.79 Å². The van der Waals surface area contributed by atoms with Crippen LogP contribution in [0.15, 0.2) is 42.5 Å². The van der Waals surface area contributed by atoms with E-state index in [9.17, 15) is 9.18 Å². The first-order chi connectivity index (χ1) is 9.54. The van der Waals surface area contributed by atoms with Gasteiger partial charge < -0.3 is 15.8 Å². The Balaban J connectivity index is 1.94. The lowest BCUT2D eigenvalue weighted by Crippen LogP contribution is -2.20. The van der Waals surface area contributed by atoms with Crippen LogP contribution >= 0.6 is 11.6 Å². The summed E-state index contributed by atoms with van der Waals surface area (Å²) in [6, 6.07) is 10.3. The van der Waals surface area contributed by atoms with E-state index in [1.165, 1.54) is 24.3 Å². The molecule has 0 aliphatic rings. The number of rotatable bonds is 4. The van der Waals surface area contributed by atoms with Crippen LogP contribution in [0.4, 0.5) is 15.8 Å². The number of nitrogen functional groups attached to an aromatic ring is 1. The minimum absolute atomic E-state index is 0.249. The molecule has 20 heavy (non-hydrogen) atoms. The Hall–Kier alpha value is -2.27. The summed E-state index contributed by atoms with van der Waals surface area (Å²) in [4.78, 5) is 11.7. The number of carbonyl (C=O) groups is 1. The third-order valence-corrected chi connectivity index (χ3v) is 2.68. The van der Waals surface area contributed by atoms with Gasteiger partial charge in [0.05, 0.1) is 5.69 Å². The molecule has 1 amide bonds. The number of benzene rings is 2. The highest BCUT2D eigenvalue weighted by molar-refractivity contribution is 6.30. The van der Waals surface area contributed by atoms with Crippen LogP contribution in [-0.4, -0.2) is 12.5 Å². The molecule has 0 radical (unpaired) electrons. The molecule has 104 valence electrons. The summed E-state index contributed by atoms with van der Waals surface area (Å²) >= 11 is 5.80. The van der Waals surface area contributed by atoms with Crippen molar-refractivity contribution in [2.24, 2.45) is 0 Å². The van der Waals surface area contributed by atoms with E-state index in [2.05, 4.69) is 5.32 Å². The quantitative estimate of drug-likeness (QED) is 0.852. The summed E-state index contributed by atoms with van der Waals surface area (Å²) in [7, 11) is 0. The average molecular weight is 295 g/mol.